The fourth-order valence-electron chi connectivity index (χ4n) is 2.68. The van der Waals surface area contributed by atoms with Gasteiger partial charge < -0.3 is 4.74 Å². The number of aryl methyl sites for hydroxylation is 1. The number of Topliss-reactive ketones (excluding diaryl/α,β-unsaturated/α-hetero) is 1. The first-order valence-electron chi connectivity index (χ1n) is 8.27. The van der Waals surface area contributed by atoms with Crippen molar-refractivity contribution >= 4 is 11.4 Å². The lowest BCUT2D eigenvalue weighted by molar-refractivity contribution is 0.0992. The fraction of sp³-hybridized carbons (Fsp3) is 0.105. The summed E-state index contributed by atoms with van der Waals surface area (Å²) >= 11 is 0. The highest BCUT2D eigenvalue weighted by Crippen LogP contribution is 2.25. The van der Waals surface area contributed by atoms with E-state index in [1.165, 1.54) is 41.2 Å². The van der Waals surface area contributed by atoms with E-state index >= 15 is 0 Å². The van der Waals surface area contributed by atoms with Gasteiger partial charge in [0, 0.05) is 11.8 Å². The van der Waals surface area contributed by atoms with E-state index in [4.69, 9.17) is 4.74 Å². The third kappa shape index (κ3) is 3.68. The van der Waals surface area contributed by atoms with Gasteiger partial charge in [-0.1, -0.05) is 0 Å². The number of ketones is 1. The number of hydrogen-bond donors (Lipinski definition) is 0. The number of carbonyl (C=O) groups is 1. The summed E-state index contributed by atoms with van der Waals surface area (Å²) in [5.74, 6) is -0.410. The molecule has 0 aromatic carbocycles. The number of carbonyl (C=O) groups excluding carboxylic acids is 1. The van der Waals surface area contributed by atoms with Crippen LogP contribution in [0.15, 0.2) is 49.1 Å². The maximum absolute atomic E-state index is 13.3. The predicted octanol–water partition coefficient (Wildman–Crippen LogP) is 3.32. The SMILES string of the molecule is Cc1nc2c(C(=O)Cc3ccc(F)cn3)cc(Oc3cncc(F)c3)cn2n1. The van der Waals surface area contributed by atoms with Crippen LogP contribution in [-0.4, -0.2) is 30.3 Å². The number of nitrogens with zero attached hydrogens (tertiary/aromatic N) is 5. The van der Waals surface area contributed by atoms with E-state index in [0.29, 0.717) is 17.2 Å². The minimum Gasteiger partial charge on any atom is -0.454 e. The van der Waals surface area contributed by atoms with Crippen LogP contribution in [0.1, 0.15) is 21.9 Å². The van der Waals surface area contributed by atoms with Crippen molar-refractivity contribution < 1.29 is 18.3 Å². The van der Waals surface area contributed by atoms with Crippen molar-refractivity contribution in [2.45, 2.75) is 13.3 Å². The van der Waals surface area contributed by atoms with Crippen molar-refractivity contribution in [1.82, 2.24) is 24.6 Å². The van der Waals surface area contributed by atoms with Gasteiger partial charge in [0.05, 0.1) is 36.8 Å². The van der Waals surface area contributed by atoms with E-state index in [0.717, 1.165) is 12.4 Å². The molecule has 0 radical (unpaired) electrons. The van der Waals surface area contributed by atoms with Crippen molar-refractivity contribution in [3.05, 3.63) is 77.8 Å². The molecule has 0 aliphatic rings. The molecule has 0 aliphatic carbocycles. The van der Waals surface area contributed by atoms with Crippen molar-refractivity contribution in [3.8, 4) is 11.5 Å². The number of rotatable bonds is 5. The van der Waals surface area contributed by atoms with Crippen LogP contribution in [0, 0.1) is 18.6 Å². The molecule has 0 amide bonds. The van der Waals surface area contributed by atoms with Crippen LogP contribution in [0.4, 0.5) is 8.78 Å². The lowest BCUT2D eigenvalue weighted by Gasteiger charge is -2.08. The van der Waals surface area contributed by atoms with Gasteiger partial charge in [-0.3, -0.25) is 14.8 Å². The van der Waals surface area contributed by atoms with Crippen molar-refractivity contribution in [2.75, 3.05) is 0 Å². The average molecular weight is 381 g/mol. The topological polar surface area (TPSA) is 82.3 Å². The summed E-state index contributed by atoms with van der Waals surface area (Å²) in [6.45, 7) is 1.69. The van der Waals surface area contributed by atoms with Crippen LogP contribution in [0.25, 0.3) is 5.65 Å². The summed E-state index contributed by atoms with van der Waals surface area (Å²) < 4.78 is 33.4. The number of ether oxygens (including phenoxy) is 1. The Morgan fingerprint density at radius 3 is 2.71 bits per heavy atom. The highest BCUT2D eigenvalue weighted by Gasteiger charge is 2.17. The Morgan fingerprint density at radius 1 is 1.11 bits per heavy atom. The molecule has 9 heteroatoms. The molecule has 4 aromatic heterocycles. The van der Waals surface area contributed by atoms with E-state index in [1.54, 1.807) is 6.92 Å². The summed E-state index contributed by atoms with van der Waals surface area (Å²) in [4.78, 5) is 24.7. The lowest BCUT2D eigenvalue weighted by Crippen LogP contribution is -2.08. The van der Waals surface area contributed by atoms with Gasteiger partial charge >= 0.3 is 0 Å². The summed E-state index contributed by atoms with van der Waals surface area (Å²) in [7, 11) is 0. The Morgan fingerprint density at radius 2 is 1.96 bits per heavy atom. The number of halogens is 2. The molecule has 0 bridgehead atoms. The molecule has 4 heterocycles. The summed E-state index contributed by atoms with van der Waals surface area (Å²) in [6, 6.07) is 5.36. The van der Waals surface area contributed by atoms with Crippen molar-refractivity contribution in [1.29, 1.82) is 0 Å². The summed E-state index contributed by atoms with van der Waals surface area (Å²) in [5.41, 5.74) is 1.03. The minimum absolute atomic E-state index is 0.0488. The van der Waals surface area contributed by atoms with Crippen LogP contribution in [0.3, 0.4) is 0 Å². The van der Waals surface area contributed by atoms with Crippen LogP contribution in [0.2, 0.25) is 0 Å². The molecule has 0 spiro atoms. The monoisotopic (exact) mass is 381 g/mol. The number of hydrogen-bond acceptors (Lipinski definition) is 6. The first kappa shape index (κ1) is 17.7. The molecule has 0 unspecified atom stereocenters. The van der Waals surface area contributed by atoms with Crippen LogP contribution < -0.4 is 4.74 Å². The Labute approximate surface area is 157 Å². The first-order chi connectivity index (χ1) is 13.5. The zero-order chi connectivity index (χ0) is 19.7. The van der Waals surface area contributed by atoms with E-state index in [9.17, 15) is 13.6 Å². The van der Waals surface area contributed by atoms with Crippen LogP contribution in [0.5, 0.6) is 11.5 Å². The molecule has 7 nitrogen and oxygen atoms in total. The maximum Gasteiger partial charge on any atom is 0.172 e. The van der Waals surface area contributed by atoms with E-state index in [-0.39, 0.29) is 29.3 Å². The van der Waals surface area contributed by atoms with Gasteiger partial charge in [-0.2, -0.15) is 5.10 Å². The molecule has 0 N–H and O–H groups in total. The highest BCUT2D eigenvalue weighted by molar-refractivity contribution is 6.02. The van der Waals surface area contributed by atoms with Crippen LogP contribution >= 0.6 is 0 Å². The normalized spacial score (nSPS) is 11.0. The van der Waals surface area contributed by atoms with Gasteiger partial charge in [0.15, 0.2) is 11.4 Å². The lowest BCUT2D eigenvalue weighted by atomic mass is 10.1. The van der Waals surface area contributed by atoms with Gasteiger partial charge in [-0.05, 0) is 25.1 Å². The molecular weight excluding hydrogens is 368 g/mol. The Hall–Kier alpha value is -3.75. The van der Waals surface area contributed by atoms with Crippen LogP contribution in [-0.2, 0) is 6.42 Å². The molecule has 0 atom stereocenters. The molecule has 0 aliphatic heterocycles. The smallest absolute Gasteiger partial charge is 0.172 e. The number of aromatic nitrogens is 5. The Balaban J connectivity index is 1.71. The van der Waals surface area contributed by atoms with Gasteiger partial charge in [0.25, 0.3) is 0 Å². The third-order valence-electron chi connectivity index (χ3n) is 3.86. The molecule has 4 rings (SSSR count). The van der Waals surface area contributed by atoms with E-state index in [2.05, 4.69) is 20.1 Å². The average Bonchev–Trinajstić information content (AvgIpc) is 3.03. The predicted molar refractivity (Wildman–Crippen MR) is 94.2 cm³/mol. The van der Waals surface area contributed by atoms with Gasteiger partial charge in [-0.25, -0.2) is 18.3 Å². The standard InChI is InChI=1S/C19H13F2N5O2/c1-11-24-19-17(18(27)5-14-3-2-12(20)8-23-14)6-16(10-26(19)25-11)28-15-4-13(21)7-22-9-15/h2-4,6-10H,5H2,1H3. The summed E-state index contributed by atoms with van der Waals surface area (Å²) in [5, 5.41) is 4.21. The van der Waals surface area contributed by atoms with Gasteiger partial charge in [-0.15, -0.1) is 0 Å². The summed E-state index contributed by atoms with van der Waals surface area (Å²) in [6.07, 6.45) is 4.95. The fourth-order valence-corrected chi connectivity index (χ4v) is 2.68. The van der Waals surface area contributed by atoms with Gasteiger partial charge in [0.1, 0.15) is 29.0 Å². The minimum atomic E-state index is -0.547. The number of pyridine rings is 3. The second kappa shape index (κ2) is 7.10. The molecule has 28 heavy (non-hydrogen) atoms. The largest absolute Gasteiger partial charge is 0.454 e. The zero-order valence-corrected chi connectivity index (χ0v) is 14.6. The highest BCUT2D eigenvalue weighted by atomic mass is 19.1. The maximum atomic E-state index is 13.3. The molecule has 0 saturated heterocycles. The quantitative estimate of drug-likeness (QED) is 0.493. The molecule has 140 valence electrons. The Bertz CT molecular complexity index is 1170. The van der Waals surface area contributed by atoms with Gasteiger partial charge in [0.2, 0.25) is 0 Å². The molecule has 4 aromatic rings. The number of fused-ring (bicyclic) bond motifs is 1. The third-order valence-corrected chi connectivity index (χ3v) is 3.86. The van der Waals surface area contributed by atoms with E-state index < -0.39 is 11.6 Å². The molecule has 0 saturated carbocycles. The van der Waals surface area contributed by atoms with E-state index in [1.807, 2.05) is 0 Å². The zero-order valence-electron chi connectivity index (χ0n) is 14.6. The molecular formula is C19H13F2N5O2. The first-order valence-corrected chi connectivity index (χ1v) is 8.27. The second-order valence-electron chi connectivity index (χ2n) is 6.03. The molecule has 0 fully saturated rings. The van der Waals surface area contributed by atoms with Crippen molar-refractivity contribution in [2.24, 2.45) is 0 Å². The van der Waals surface area contributed by atoms with Crippen molar-refractivity contribution in [3.63, 3.8) is 0 Å². The Kier molecular flexibility index (Phi) is 4.48. The second-order valence-corrected chi connectivity index (χ2v) is 6.03.